The van der Waals surface area contributed by atoms with Crippen LogP contribution in [0.2, 0.25) is 0 Å². The summed E-state index contributed by atoms with van der Waals surface area (Å²) in [6.45, 7) is 10.5. The number of benzene rings is 3. The van der Waals surface area contributed by atoms with Gasteiger partial charge in [-0.15, -0.1) is 6.42 Å². The van der Waals surface area contributed by atoms with E-state index >= 15 is 8.78 Å². The number of nitrogens with zero attached hydrogens (tertiary/aromatic N) is 10. The molecule has 20 heteroatoms. The Kier molecular flexibility index (Phi) is 13.2. The van der Waals surface area contributed by atoms with Crippen molar-refractivity contribution in [2.24, 2.45) is 7.05 Å². The lowest BCUT2D eigenvalue weighted by atomic mass is 9.90. The molecule has 6 aromatic rings. The predicted molar refractivity (Wildman–Crippen MR) is 295 cm³/mol. The van der Waals surface area contributed by atoms with E-state index in [0.717, 1.165) is 80.9 Å². The third-order valence-corrected chi connectivity index (χ3v) is 18.9. The predicted octanol–water partition coefficient (Wildman–Crippen LogP) is 8.05. The first-order valence-electron chi connectivity index (χ1n) is 27.4. The van der Waals surface area contributed by atoms with Crippen LogP contribution in [-0.2, 0) is 16.6 Å². The Morgan fingerprint density at radius 1 is 0.949 bits per heavy atom. The number of hydrogen-bond donors (Lipinski definition) is 2. The number of aryl methyl sites for hydroxylation is 1. The number of amides is 4. The van der Waals surface area contributed by atoms with Crippen LogP contribution >= 0.6 is 11.9 Å². The number of likely N-dealkylation sites (tertiary alicyclic amines) is 1. The second kappa shape index (κ2) is 20.4. The molecule has 7 aliphatic rings. The minimum Gasteiger partial charge on any atom is -0.461 e. The maximum Gasteiger partial charge on any atom is 0.409 e. The van der Waals surface area contributed by atoms with Crippen LogP contribution in [-0.4, -0.2) is 151 Å². The van der Waals surface area contributed by atoms with Crippen molar-refractivity contribution in [1.82, 2.24) is 49.5 Å². The number of pyridine rings is 1. The molecule has 4 amide bonds. The van der Waals surface area contributed by atoms with Crippen molar-refractivity contribution in [2.45, 2.75) is 99.0 Å². The minimum atomic E-state index is -0.670. The summed E-state index contributed by atoms with van der Waals surface area (Å²) in [6, 6.07) is 14.8. The smallest absolute Gasteiger partial charge is 0.409 e. The van der Waals surface area contributed by atoms with E-state index in [1.807, 2.05) is 34.6 Å². The van der Waals surface area contributed by atoms with Crippen LogP contribution in [0, 0.1) is 24.0 Å². The number of carbonyl (C=O) groups excluding carboxylic acids is 3. The van der Waals surface area contributed by atoms with Gasteiger partial charge < -0.3 is 24.6 Å². The lowest BCUT2D eigenvalue weighted by Gasteiger charge is -2.37. The van der Waals surface area contributed by atoms with E-state index in [-0.39, 0.29) is 72.5 Å². The maximum absolute atomic E-state index is 17.3. The summed E-state index contributed by atoms with van der Waals surface area (Å²) < 4.78 is 49.4. The maximum atomic E-state index is 17.3. The Morgan fingerprint density at radius 3 is 2.54 bits per heavy atom. The number of hydrogen-bond acceptors (Lipinski definition) is 14. The van der Waals surface area contributed by atoms with Crippen molar-refractivity contribution in [3.8, 4) is 29.6 Å². The number of halogens is 2. The number of piperazine rings is 1. The van der Waals surface area contributed by atoms with E-state index in [0.29, 0.717) is 90.2 Å². The SMILES string of the molecule is C#Cc1c(F)ccc2cccc(-c3ncc4c(N5C[C@H]6CC[C@@H](C5)N6)nc(OCC56CCC(COC(=O)N7CCC(SN8CCC(c9ccc%10c(N%11CCC(=O)NC%11=O)nn(C)c%10c9)CC8)CC7)N5CC(=C)C6)nc4c3F)c12. The van der Waals surface area contributed by atoms with E-state index in [2.05, 4.69) is 65.5 Å². The first-order valence-corrected chi connectivity index (χ1v) is 28.3. The number of fused-ring (bicyclic) bond motifs is 6. The molecule has 13 rings (SSSR count). The third kappa shape index (κ3) is 9.25. The second-order valence-corrected chi connectivity index (χ2v) is 23.7. The van der Waals surface area contributed by atoms with Crippen molar-refractivity contribution in [3.63, 3.8) is 0 Å². The molecule has 2 N–H and O–H groups in total. The lowest BCUT2D eigenvalue weighted by molar-refractivity contribution is -0.120. The van der Waals surface area contributed by atoms with Gasteiger partial charge >= 0.3 is 18.1 Å². The molecule has 7 aliphatic heterocycles. The van der Waals surface area contributed by atoms with Gasteiger partial charge in [0.05, 0.1) is 22.0 Å². The molecule has 2 bridgehead atoms. The van der Waals surface area contributed by atoms with Crippen LogP contribution in [0.1, 0.15) is 81.3 Å². The summed E-state index contributed by atoms with van der Waals surface area (Å²) in [5, 5.41) is 13.6. The third-order valence-electron chi connectivity index (χ3n) is 17.5. The Balaban J connectivity index is 0.632. The molecular formula is C58H62F2N12O5S. The number of terminal acetylenes is 1. The van der Waals surface area contributed by atoms with Gasteiger partial charge in [0.25, 0.3) is 0 Å². The highest BCUT2D eigenvalue weighted by molar-refractivity contribution is 7.97. The number of ether oxygens (including phenoxy) is 2. The first-order chi connectivity index (χ1) is 37.9. The van der Waals surface area contributed by atoms with Gasteiger partial charge in [-0.25, -0.2) is 18.4 Å². The molecule has 4 atom stereocenters. The van der Waals surface area contributed by atoms with Crippen LogP contribution in [0.4, 0.5) is 30.0 Å². The molecule has 7 fully saturated rings. The average Bonchev–Trinajstić information content (AvgIpc) is 4.34. The minimum absolute atomic E-state index is 0.00871. The van der Waals surface area contributed by atoms with Gasteiger partial charge in [0.2, 0.25) is 5.91 Å². The van der Waals surface area contributed by atoms with Crippen molar-refractivity contribution >= 4 is 74.2 Å². The Hall–Kier alpha value is -6.92. The normalized spacial score (nSPS) is 24.4. The zero-order chi connectivity index (χ0) is 53.4. The highest BCUT2D eigenvalue weighted by Crippen LogP contribution is 2.46. The number of anilines is 2. The van der Waals surface area contributed by atoms with Crippen LogP contribution in [0.3, 0.4) is 0 Å². The number of aromatic nitrogens is 5. The summed E-state index contributed by atoms with van der Waals surface area (Å²) in [7, 11) is 1.89. The quantitative estimate of drug-likeness (QED) is 0.0727. The number of urea groups is 1. The zero-order valence-electron chi connectivity index (χ0n) is 43.7. The Morgan fingerprint density at radius 2 is 1.76 bits per heavy atom. The summed E-state index contributed by atoms with van der Waals surface area (Å²) in [4.78, 5) is 60.3. The molecule has 0 saturated carbocycles. The second-order valence-electron chi connectivity index (χ2n) is 22.3. The van der Waals surface area contributed by atoms with Crippen molar-refractivity contribution < 1.29 is 32.6 Å². The lowest BCUT2D eigenvalue weighted by Crippen LogP contribution is -2.51. The monoisotopic (exact) mass is 1080 g/mol. The van der Waals surface area contributed by atoms with Gasteiger partial charge in [-0.1, -0.05) is 60.4 Å². The fourth-order valence-corrected chi connectivity index (χ4v) is 14.8. The molecule has 404 valence electrons. The molecule has 0 aliphatic carbocycles. The molecule has 7 saturated heterocycles. The van der Waals surface area contributed by atoms with Gasteiger partial charge in [0, 0.05) is 112 Å². The number of carbonyl (C=O) groups is 3. The van der Waals surface area contributed by atoms with Crippen molar-refractivity contribution in [3.05, 3.63) is 89.6 Å². The molecule has 2 unspecified atom stereocenters. The van der Waals surface area contributed by atoms with Crippen LogP contribution < -0.4 is 25.2 Å². The molecule has 3 aromatic heterocycles. The molecule has 0 radical (unpaired) electrons. The van der Waals surface area contributed by atoms with Crippen LogP contribution in [0.25, 0.3) is 43.8 Å². The largest absolute Gasteiger partial charge is 0.461 e. The highest BCUT2D eigenvalue weighted by atomic mass is 32.2. The number of rotatable bonds is 11. The van der Waals surface area contributed by atoms with Crippen LogP contribution in [0.15, 0.2) is 66.9 Å². The van der Waals surface area contributed by atoms with Crippen molar-refractivity contribution in [2.75, 3.05) is 75.4 Å². The first kappa shape index (κ1) is 50.6. The average molecular weight is 1080 g/mol. The van der Waals surface area contributed by atoms with Gasteiger partial charge in [-0.3, -0.25) is 33.9 Å². The van der Waals surface area contributed by atoms with E-state index in [4.69, 9.17) is 25.9 Å². The fourth-order valence-electron chi connectivity index (χ4n) is 13.5. The van der Waals surface area contributed by atoms with Crippen LogP contribution in [0.5, 0.6) is 6.01 Å². The molecular weight excluding hydrogens is 1010 g/mol. The van der Waals surface area contributed by atoms with Crippen molar-refractivity contribution in [1.29, 1.82) is 0 Å². The highest BCUT2D eigenvalue weighted by Gasteiger charge is 2.52. The summed E-state index contributed by atoms with van der Waals surface area (Å²) in [5.41, 5.74) is 3.36. The zero-order valence-corrected chi connectivity index (χ0v) is 44.5. The number of nitrogens with one attached hydrogen (secondary N) is 2. The topological polar surface area (TPSA) is 166 Å². The van der Waals surface area contributed by atoms with Gasteiger partial charge in [0.15, 0.2) is 11.6 Å². The van der Waals surface area contributed by atoms with Gasteiger partial charge in [-0.2, -0.15) is 15.1 Å². The molecule has 10 heterocycles. The summed E-state index contributed by atoms with van der Waals surface area (Å²) >= 11 is 1.93. The number of piperidine rings is 2. The Bertz CT molecular complexity index is 3450. The summed E-state index contributed by atoms with van der Waals surface area (Å²) in [6.07, 6.45) is 15.6. The summed E-state index contributed by atoms with van der Waals surface area (Å²) in [5.74, 6) is 2.51. The molecule has 0 spiro atoms. The molecule has 78 heavy (non-hydrogen) atoms. The standard InChI is InChI=1S/C58H62F2N12O5S/c1-4-42-46(59)13-9-36-6-5-7-44(49(36)42)51-50(60)52-45(28-61-51)53(69-30-38-10-11-39(31-69)62-38)65-55(64-52)77-33-58-20-14-40(72(58)29-34(2)27-58)32-76-57(75)68-21-17-41(18-22-68)78-70-23-15-35(16-24-70)37-8-12-43-47(26-37)67(3)66-54(43)71-25-19-48(73)63-56(71)74/h1,5-9,12-13,26,28,35,38-41,62H,2,10-11,14-25,27,29-33H2,3H3,(H,63,73,74)/t38-,39+,40?,58?. The Labute approximate surface area is 455 Å². The van der Waals surface area contributed by atoms with Gasteiger partial charge in [0.1, 0.15) is 36.1 Å². The van der Waals surface area contributed by atoms with E-state index in [1.165, 1.54) is 11.6 Å². The van der Waals surface area contributed by atoms with E-state index < -0.39 is 23.2 Å². The van der Waals surface area contributed by atoms with E-state index in [9.17, 15) is 14.4 Å². The molecule has 3 aromatic carbocycles. The fraction of sp³-hybridized carbons (Fsp3) is 0.466. The number of imide groups is 1. The van der Waals surface area contributed by atoms with Gasteiger partial charge in [-0.05, 0) is 92.9 Å². The van der Waals surface area contributed by atoms with E-state index in [1.54, 1.807) is 29.3 Å². The molecule has 17 nitrogen and oxygen atoms in total.